The first-order valence-electron chi connectivity index (χ1n) is 6.39. The summed E-state index contributed by atoms with van der Waals surface area (Å²) in [6.45, 7) is 4.34. The van der Waals surface area contributed by atoms with Gasteiger partial charge >= 0.3 is 0 Å². The van der Waals surface area contributed by atoms with Crippen LogP contribution >= 0.6 is 0 Å². The van der Waals surface area contributed by atoms with Gasteiger partial charge in [0.1, 0.15) is 0 Å². The molecule has 17 heavy (non-hydrogen) atoms. The molecule has 2 N–H and O–H groups in total. The summed E-state index contributed by atoms with van der Waals surface area (Å²) < 4.78 is 5.31. The van der Waals surface area contributed by atoms with Gasteiger partial charge in [0.15, 0.2) is 0 Å². The van der Waals surface area contributed by atoms with Crippen LogP contribution in [0.4, 0.5) is 0 Å². The van der Waals surface area contributed by atoms with E-state index >= 15 is 0 Å². The smallest absolute Gasteiger partial charge is 0.239 e. The van der Waals surface area contributed by atoms with Crippen molar-refractivity contribution in [1.29, 1.82) is 0 Å². The topological polar surface area (TPSA) is 61.8 Å². The highest BCUT2D eigenvalue weighted by Gasteiger charge is 2.28. The Morgan fingerprint density at radius 2 is 2.41 bits per heavy atom. The third-order valence-electron chi connectivity index (χ3n) is 2.98. The number of carbonyl (C=O) groups is 1. The Morgan fingerprint density at radius 3 is 3.00 bits per heavy atom. The van der Waals surface area contributed by atoms with E-state index in [0.717, 1.165) is 25.8 Å². The highest BCUT2D eigenvalue weighted by molar-refractivity contribution is 5.83. The summed E-state index contributed by atoms with van der Waals surface area (Å²) in [6, 6.07) is -0.134. The standard InChI is InChI=1S/C12H24N2O3/c1-3-4-7-17-9-10(15)8-13-11-5-6-14(2)12(11)16/h10-11,13,15H,3-9H2,1-2H3. The maximum absolute atomic E-state index is 11.6. The minimum Gasteiger partial charge on any atom is -0.389 e. The minimum atomic E-state index is -0.537. The van der Waals surface area contributed by atoms with Gasteiger partial charge in [-0.25, -0.2) is 0 Å². The van der Waals surface area contributed by atoms with Crippen LogP contribution in [-0.2, 0) is 9.53 Å². The average Bonchev–Trinajstić information content (AvgIpc) is 2.63. The fourth-order valence-electron chi connectivity index (χ4n) is 1.81. The number of aliphatic hydroxyl groups excluding tert-OH is 1. The summed E-state index contributed by atoms with van der Waals surface area (Å²) >= 11 is 0. The van der Waals surface area contributed by atoms with Gasteiger partial charge in [-0.1, -0.05) is 13.3 Å². The van der Waals surface area contributed by atoms with E-state index in [1.807, 2.05) is 0 Å². The summed E-state index contributed by atoms with van der Waals surface area (Å²) in [6.07, 6.45) is 2.40. The van der Waals surface area contributed by atoms with Crippen molar-refractivity contribution in [2.75, 3.05) is 33.4 Å². The lowest BCUT2D eigenvalue weighted by atomic mass is 10.2. The second-order valence-corrected chi connectivity index (χ2v) is 4.59. The van der Waals surface area contributed by atoms with Gasteiger partial charge in [0.2, 0.25) is 5.91 Å². The molecule has 1 amide bonds. The van der Waals surface area contributed by atoms with Crippen molar-refractivity contribution in [1.82, 2.24) is 10.2 Å². The molecule has 1 aliphatic heterocycles. The zero-order valence-electron chi connectivity index (χ0n) is 10.8. The number of ether oxygens (including phenoxy) is 1. The van der Waals surface area contributed by atoms with Crippen LogP contribution in [0.25, 0.3) is 0 Å². The number of nitrogens with zero attached hydrogens (tertiary/aromatic N) is 1. The van der Waals surface area contributed by atoms with Crippen molar-refractivity contribution in [2.24, 2.45) is 0 Å². The molecule has 100 valence electrons. The highest BCUT2D eigenvalue weighted by atomic mass is 16.5. The van der Waals surface area contributed by atoms with Gasteiger partial charge < -0.3 is 20.1 Å². The van der Waals surface area contributed by atoms with E-state index in [4.69, 9.17) is 4.74 Å². The zero-order chi connectivity index (χ0) is 12.7. The molecule has 5 heteroatoms. The number of hydrogen-bond acceptors (Lipinski definition) is 4. The van der Waals surface area contributed by atoms with Crippen molar-refractivity contribution in [2.45, 2.75) is 38.3 Å². The van der Waals surface area contributed by atoms with E-state index in [2.05, 4.69) is 12.2 Å². The quantitative estimate of drug-likeness (QED) is 0.589. The Bertz CT molecular complexity index is 236. The van der Waals surface area contributed by atoms with Gasteiger partial charge in [0.25, 0.3) is 0 Å². The number of hydrogen-bond donors (Lipinski definition) is 2. The average molecular weight is 244 g/mol. The van der Waals surface area contributed by atoms with E-state index in [1.165, 1.54) is 0 Å². The van der Waals surface area contributed by atoms with E-state index in [1.54, 1.807) is 11.9 Å². The van der Waals surface area contributed by atoms with Crippen LogP contribution < -0.4 is 5.32 Å². The molecule has 0 saturated carbocycles. The molecule has 1 fully saturated rings. The molecular formula is C12H24N2O3. The predicted molar refractivity (Wildman–Crippen MR) is 65.8 cm³/mol. The zero-order valence-corrected chi connectivity index (χ0v) is 10.8. The second kappa shape index (κ2) is 7.63. The number of likely N-dealkylation sites (tertiary alicyclic amines) is 1. The van der Waals surface area contributed by atoms with Crippen LogP contribution in [0.15, 0.2) is 0 Å². The number of rotatable bonds is 8. The first kappa shape index (κ1) is 14.4. The monoisotopic (exact) mass is 244 g/mol. The van der Waals surface area contributed by atoms with Crippen LogP contribution in [0.2, 0.25) is 0 Å². The molecule has 0 aromatic heterocycles. The second-order valence-electron chi connectivity index (χ2n) is 4.59. The Hall–Kier alpha value is -0.650. The van der Waals surface area contributed by atoms with Crippen LogP contribution in [0, 0.1) is 0 Å². The largest absolute Gasteiger partial charge is 0.389 e. The van der Waals surface area contributed by atoms with Crippen molar-refractivity contribution >= 4 is 5.91 Å². The summed E-state index contributed by atoms with van der Waals surface area (Å²) in [5.74, 6) is 0.115. The summed E-state index contributed by atoms with van der Waals surface area (Å²) in [5.41, 5.74) is 0. The third kappa shape index (κ3) is 5.02. The van der Waals surface area contributed by atoms with Crippen LogP contribution in [0.1, 0.15) is 26.2 Å². The molecule has 0 radical (unpaired) electrons. The Balaban J connectivity index is 2.07. The van der Waals surface area contributed by atoms with Gasteiger partial charge in [-0.15, -0.1) is 0 Å². The molecule has 0 aromatic carbocycles. The van der Waals surface area contributed by atoms with Crippen molar-refractivity contribution in [3.05, 3.63) is 0 Å². The Labute approximate surface area is 103 Å². The van der Waals surface area contributed by atoms with Crippen molar-refractivity contribution in [3.8, 4) is 0 Å². The Morgan fingerprint density at radius 1 is 1.65 bits per heavy atom. The number of aliphatic hydroxyl groups is 1. The molecule has 2 unspecified atom stereocenters. The molecule has 1 aliphatic rings. The normalized spacial score (nSPS) is 22.2. The molecule has 0 aliphatic carbocycles. The first-order valence-corrected chi connectivity index (χ1v) is 6.39. The molecule has 0 aromatic rings. The molecule has 1 saturated heterocycles. The van der Waals surface area contributed by atoms with Crippen LogP contribution in [-0.4, -0.2) is 61.4 Å². The predicted octanol–water partition coefficient (Wildman–Crippen LogP) is -0.0157. The molecule has 0 bridgehead atoms. The molecule has 5 nitrogen and oxygen atoms in total. The van der Waals surface area contributed by atoms with Gasteiger partial charge in [0, 0.05) is 26.7 Å². The van der Waals surface area contributed by atoms with E-state index < -0.39 is 6.10 Å². The van der Waals surface area contributed by atoms with Gasteiger partial charge in [-0.3, -0.25) is 4.79 Å². The number of carbonyl (C=O) groups excluding carboxylic acids is 1. The summed E-state index contributed by atoms with van der Waals surface area (Å²) in [4.78, 5) is 13.3. The lowest BCUT2D eigenvalue weighted by Gasteiger charge is -2.15. The van der Waals surface area contributed by atoms with Gasteiger partial charge in [0.05, 0.1) is 18.8 Å². The Kier molecular flexibility index (Phi) is 6.47. The van der Waals surface area contributed by atoms with Gasteiger partial charge in [-0.05, 0) is 12.8 Å². The van der Waals surface area contributed by atoms with E-state index in [0.29, 0.717) is 19.8 Å². The number of nitrogens with one attached hydrogen (secondary N) is 1. The maximum Gasteiger partial charge on any atom is 0.239 e. The lowest BCUT2D eigenvalue weighted by Crippen LogP contribution is -2.41. The third-order valence-corrected chi connectivity index (χ3v) is 2.98. The highest BCUT2D eigenvalue weighted by Crippen LogP contribution is 2.08. The fourth-order valence-corrected chi connectivity index (χ4v) is 1.81. The summed E-state index contributed by atoms with van der Waals surface area (Å²) in [5, 5.41) is 12.7. The minimum absolute atomic E-state index is 0.115. The maximum atomic E-state index is 11.6. The van der Waals surface area contributed by atoms with E-state index in [-0.39, 0.29) is 11.9 Å². The summed E-state index contributed by atoms with van der Waals surface area (Å²) in [7, 11) is 1.80. The number of likely N-dealkylation sites (N-methyl/N-ethyl adjacent to an activating group) is 1. The van der Waals surface area contributed by atoms with Crippen LogP contribution in [0.3, 0.4) is 0 Å². The lowest BCUT2D eigenvalue weighted by molar-refractivity contribution is -0.128. The number of amides is 1. The molecule has 1 heterocycles. The molecular weight excluding hydrogens is 220 g/mol. The van der Waals surface area contributed by atoms with Crippen molar-refractivity contribution in [3.63, 3.8) is 0 Å². The van der Waals surface area contributed by atoms with Gasteiger partial charge in [-0.2, -0.15) is 0 Å². The first-order chi connectivity index (χ1) is 8.15. The fraction of sp³-hybridized carbons (Fsp3) is 0.917. The SMILES string of the molecule is CCCCOCC(O)CNC1CCN(C)C1=O. The molecule has 0 spiro atoms. The van der Waals surface area contributed by atoms with Crippen LogP contribution in [0.5, 0.6) is 0 Å². The molecule has 2 atom stereocenters. The number of unbranched alkanes of at least 4 members (excludes halogenated alkanes) is 1. The van der Waals surface area contributed by atoms with Crippen molar-refractivity contribution < 1.29 is 14.6 Å². The molecule has 1 rings (SSSR count). The van der Waals surface area contributed by atoms with E-state index in [9.17, 15) is 9.90 Å².